The van der Waals surface area contributed by atoms with E-state index in [-0.39, 0.29) is 24.4 Å². The molecule has 3 N–H and O–H groups in total. The van der Waals surface area contributed by atoms with Gasteiger partial charge in [0, 0.05) is 23.7 Å². The molecule has 0 radical (unpaired) electrons. The first-order chi connectivity index (χ1) is 9.66. The summed E-state index contributed by atoms with van der Waals surface area (Å²) in [7, 11) is 0. The van der Waals surface area contributed by atoms with E-state index in [1.54, 1.807) is 11.3 Å². The van der Waals surface area contributed by atoms with E-state index in [0.29, 0.717) is 13.0 Å². The Morgan fingerprint density at radius 1 is 1.38 bits per heavy atom. The Morgan fingerprint density at radius 2 is 2.14 bits per heavy atom. The number of amides is 1. The van der Waals surface area contributed by atoms with Gasteiger partial charge in [-0.15, -0.1) is 23.7 Å². The number of thiophene rings is 1. The van der Waals surface area contributed by atoms with Gasteiger partial charge in [-0.2, -0.15) is 0 Å². The van der Waals surface area contributed by atoms with E-state index < -0.39 is 0 Å². The molecule has 0 bridgehead atoms. The van der Waals surface area contributed by atoms with Crippen molar-refractivity contribution in [1.29, 1.82) is 0 Å². The predicted molar refractivity (Wildman–Crippen MR) is 93.3 cm³/mol. The molecular formula is C16H23ClN2OS. The summed E-state index contributed by atoms with van der Waals surface area (Å²) in [6, 6.07) is 8.58. The van der Waals surface area contributed by atoms with Crippen molar-refractivity contribution in [1.82, 2.24) is 5.32 Å². The zero-order valence-electron chi connectivity index (χ0n) is 12.3. The van der Waals surface area contributed by atoms with Crippen molar-refractivity contribution in [2.75, 3.05) is 6.54 Å². The Balaban J connectivity index is 0.00000220. The highest BCUT2D eigenvalue weighted by Crippen LogP contribution is 2.26. The highest BCUT2D eigenvalue weighted by atomic mass is 35.5. The second kappa shape index (κ2) is 9.03. The number of nitrogens with one attached hydrogen (secondary N) is 1. The minimum Gasteiger partial charge on any atom is -0.356 e. The van der Waals surface area contributed by atoms with Crippen molar-refractivity contribution in [2.45, 2.75) is 38.6 Å². The fourth-order valence-corrected chi connectivity index (χ4v) is 3.19. The summed E-state index contributed by atoms with van der Waals surface area (Å²) < 4.78 is 1.32. The van der Waals surface area contributed by atoms with Crippen LogP contribution in [0.15, 0.2) is 29.6 Å². The van der Waals surface area contributed by atoms with Crippen LogP contribution in [0.5, 0.6) is 0 Å². The van der Waals surface area contributed by atoms with Crippen LogP contribution < -0.4 is 11.1 Å². The Labute approximate surface area is 136 Å². The maximum absolute atomic E-state index is 11.7. The number of benzene rings is 1. The fourth-order valence-electron chi connectivity index (χ4n) is 2.19. The molecule has 0 aliphatic heterocycles. The lowest BCUT2D eigenvalue weighted by Crippen LogP contribution is -2.28. The monoisotopic (exact) mass is 326 g/mol. The highest BCUT2D eigenvalue weighted by Gasteiger charge is 2.05. The third-order valence-corrected chi connectivity index (χ3v) is 4.35. The van der Waals surface area contributed by atoms with Gasteiger partial charge in [-0.05, 0) is 48.6 Å². The topological polar surface area (TPSA) is 55.1 Å². The van der Waals surface area contributed by atoms with Crippen LogP contribution in [0.4, 0.5) is 0 Å². The molecule has 1 unspecified atom stereocenters. The number of carbonyl (C=O) groups excluding carboxylic acids is 1. The molecule has 0 saturated carbocycles. The Kier molecular flexibility index (Phi) is 7.72. The van der Waals surface area contributed by atoms with Crippen molar-refractivity contribution >= 4 is 39.7 Å². The molecule has 0 spiro atoms. The van der Waals surface area contributed by atoms with Gasteiger partial charge in [0.2, 0.25) is 5.91 Å². The number of hydrogen-bond donors (Lipinski definition) is 2. The summed E-state index contributed by atoms with van der Waals surface area (Å²) in [6.07, 6.45) is 3.28. The number of hydrogen-bond acceptors (Lipinski definition) is 3. The fraction of sp³-hybridized carbons (Fsp3) is 0.438. The second-order valence-corrected chi connectivity index (χ2v) is 6.14. The number of aryl methyl sites for hydroxylation is 1. The van der Waals surface area contributed by atoms with E-state index in [2.05, 4.69) is 35.0 Å². The predicted octanol–water partition coefficient (Wildman–Crippen LogP) is 3.50. The Hall–Kier alpha value is -1.10. The molecule has 21 heavy (non-hydrogen) atoms. The summed E-state index contributed by atoms with van der Waals surface area (Å²) in [6.45, 7) is 2.63. The number of rotatable bonds is 7. The van der Waals surface area contributed by atoms with Gasteiger partial charge in [0.25, 0.3) is 0 Å². The van der Waals surface area contributed by atoms with Gasteiger partial charge >= 0.3 is 0 Å². The van der Waals surface area contributed by atoms with E-state index in [4.69, 9.17) is 5.73 Å². The van der Waals surface area contributed by atoms with Gasteiger partial charge in [0.05, 0.1) is 0 Å². The van der Waals surface area contributed by atoms with Gasteiger partial charge in [-0.1, -0.05) is 18.2 Å². The average molecular weight is 327 g/mol. The Bertz CT molecular complexity index is 568. The van der Waals surface area contributed by atoms with Gasteiger partial charge in [0.15, 0.2) is 0 Å². The number of fused-ring (bicyclic) bond motifs is 1. The van der Waals surface area contributed by atoms with Crippen LogP contribution in [-0.2, 0) is 11.2 Å². The first kappa shape index (κ1) is 18.0. The quantitative estimate of drug-likeness (QED) is 0.818. The molecule has 1 amide bonds. The van der Waals surface area contributed by atoms with E-state index in [1.807, 2.05) is 6.92 Å². The summed E-state index contributed by atoms with van der Waals surface area (Å²) >= 11 is 1.78. The molecular weight excluding hydrogens is 304 g/mol. The molecule has 0 saturated heterocycles. The summed E-state index contributed by atoms with van der Waals surface area (Å²) in [4.78, 5) is 11.7. The SMILES string of the molecule is CC(N)CCNC(=O)CCCc1csc2ccccc12.Cl. The van der Waals surface area contributed by atoms with Crippen molar-refractivity contribution < 1.29 is 4.79 Å². The lowest BCUT2D eigenvalue weighted by Gasteiger charge is -2.07. The van der Waals surface area contributed by atoms with Crippen molar-refractivity contribution in [3.63, 3.8) is 0 Å². The molecule has 1 heterocycles. The molecule has 0 aliphatic rings. The maximum atomic E-state index is 11.7. The van der Waals surface area contributed by atoms with Crippen LogP contribution >= 0.6 is 23.7 Å². The van der Waals surface area contributed by atoms with E-state index in [0.717, 1.165) is 19.3 Å². The maximum Gasteiger partial charge on any atom is 0.220 e. The standard InChI is InChI=1S/C16H22N2OS.ClH/c1-12(17)9-10-18-16(19)8-4-5-13-11-20-15-7-3-2-6-14(13)15;/h2-3,6-7,11-12H,4-5,8-10,17H2,1H3,(H,18,19);1H. The van der Waals surface area contributed by atoms with Gasteiger partial charge in [-0.3, -0.25) is 4.79 Å². The second-order valence-electron chi connectivity index (χ2n) is 5.23. The zero-order valence-corrected chi connectivity index (χ0v) is 13.9. The summed E-state index contributed by atoms with van der Waals surface area (Å²) in [5.41, 5.74) is 7.00. The number of halogens is 1. The minimum atomic E-state index is 0. The van der Waals surface area contributed by atoms with Crippen LogP contribution in [0.1, 0.15) is 31.7 Å². The lowest BCUT2D eigenvalue weighted by atomic mass is 10.1. The average Bonchev–Trinajstić information content (AvgIpc) is 2.82. The van der Waals surface area contributed by atoms with Crippen LogP contribution in [-0.4, -0.2) is 18.5 Å². The molecule has 3 nitrogen and oxygen atoms in total. The third-order valence-electron chi connectivity index (χ3n) is 3.33. The zero-order chi connectivity index (χ0) is 14.4. The molecule has 2 aromatic rings. The molecule has 1 aromatic carbocycles. The molecule has 116 valence electrons. The lowest BCUT2D eigenvalue weighted by molar-refractivity contribution is -0.121. The molecule has 0 aliphatic carbocycles. The smallest absolute Gasteiger partial charge is 0.220 e. The van der Waals surface area contributed by atoms with E-state index >= 15 is 0 Å². The molecule has 1 atom stereocenters. The van der Waals surface area contributed by atoms with Crippen molar-refractivity contribution in [3.8, 4) is 0 Å². The summed E-state index contributed by atoms with van der Waals surface area (Å²) in [5.74, 6) is 0.130. The minimum absolute atomic E-state index is 0. The first-order valence-electron chi connectivity index (χ1n) is 7.14. The van der Waals surface area contributed by atoms with E-state index in [1.165, 1.54) is 15.6 Å². The van der Waals surface area contributed by atoms with Crippen molar-refractivity contribution in [3.05, 3.63) is 35.2 Å². The molecule has 0 fully saturated rings. The van der Waals surface area contributed by atoms with E-state index in [9.17, 15) is 4.79 Å². The van der Waals surface area contributed by atoms with Crippen LogP contribution in [0.25, 0.3) is 10.1 Å². The van der Waals surface area contributed by atoms with Crippen LogP contribution in [0.3, 0.4) is 0 Å². The van der Waals surface area contributed by atoms with Gasteiger partial charge < -0.3 is 11.1 Å². The first-order valence-corrected chi connectivity index (χ1v) is 8.02. The summed E-state index contributed by atoms with van der Waals surface area (Å²) in [5, 5.41) is 6.45. The van der Waals surface area contributed by atoms with Gasteiger partial charge in [-0.25, -0.2) is 0 Å². The molecule has 5 heteroatoms. The highest BCUT2D eigenvalue weighted by molar-refractivity contribution is 7.17. The molecule has 1 aromatic heterocycles. The normalized spacial score (nSPS) is 11.9. The number of nitrogens with two attached hydrogens (primary N) is 1. The van der Waals surface area contributed by atoms with Gasteiger partial charge in [0.1, 0.15) is 0 Å². The Morgan fingerprint density at radius 3 is 2.90 bits per heavy atom. The number of carbonyl (C=O) groups is 1. The van der Waals surface area contributed by atoms with Crippen LogP contribution in [0.2, 0.25) is 0 Å². The van der Waals surface area contributed by atoms with Crippen molar-refractivity contribution in [2.24, 2.45) is 5.73 Å². The van der Waals surface area contributed by atoms with Crippen LogP contribution in [0, 0.1) is 0 Å². The molecule has 2 rings (SSSR count). The largest absolute Gasteiger partial charge is 0.356 e. The third kappa shape index (κ3) is 5.65.